The van der Waals surface area contributed by atoms with E-state index in [0.717, 1.165) is 18.4 Å². The van der Waals surface area contributed by atoms with Gasteiger partial charge in [-0.25, -0.2) is 0 Å². The molecule has 1 unspecified atom stereocenters. The van der Waals surface area contributed by atoms with Crippen LogP contribution in [0.2, 0.25) is 0 Å². The fourth-order valence-electron chi connectivity index (χ4n) is 1.58. The number of aliphatic hydroxyl groups excluding tert-OH is 1. The maximum atomic E-state index is 11.6. The largest absolute Gasteiger partial charge is 0.392 e. The zero-order valence-electron chi connectivity index (χ0n) is 10.1. The fourth-order valence-corrected chi connectivity index (χ4v) is 1.58. The second-order valence-corrected chi connectivity index (χ2v) is 4.23. The first-order valence-electron chi connectivity index (χ1n) is 5.87. The van der Waals surface area contributed by atoms with E-state index in [1.165, 1.54) is 0 Å². The van der Waals surface area contributed by atoms with E-state index >= 15 is 0 Å². The molecule has 0 heterocycles. The monoisotopic (exact) mass is 236 g/mol. The van der Waals surface area contributed by atoms with Crippen LogP contribution in [0.5, 0.6) is 0 Å². The second-order valence-electron chi connectivity index (χ2n) is 4.23. The summed E-state index contributed by atoms with van der Waals surface area (Å²) in [5.74, 6) is -0.0356. The van der Waals surface area contributed by atoms with Gasteiger partial charge in [-0.15, -0.1) is 0 Å². The van der Waals surface area contributed by atoms with Crippen LogP contribution in [0.15, 0.2) is 24.3 Å². The van der Waals surface area contributed by atoms with Crippen molar-refractivity contribution in [1.82, 2.24) is 0 Å². The molecule has 0 spiro atoms. The molecule has 1 atom stereocenters. The standard InChI is InChI=1S/C13H20N2O2/c1-10(14)5-4-8-13(17)15-12-7-3-2-6-11(12)9-16/h2-3,6-7,10,16H,4-5,8-9,14H2,1H3,(H,15,17). The molecule has 17 heavy (non-hydrogen) atoms. The first kappa shape index (κ1) is 13.7. The van der Waals surface area contributed by atoms with Crippen molar-refractivity contribution in [3.05, 3.63) is 29.8 Å². The summed E-state index contributed by atoms with van der Waals surface area (Å²) >= 11 is 0. The maximum Gasteiger partial charge on any atom is 0.224 e. The van der Waals surface area contributed by atoms with E-state index in [-0.39, 0.29) is 18.6 Å². The summed E-state index contributed by atoms with van der Waals surface area (Å²) in [6, 6.07) is 7.37. The molecule has 4 heteroatoms. The van der Waals surface area contributed by atoms with Crippen LogP contribution in [-0.2, 0) is 11.4 Å². The third-order valence-electron chi connectivity index (χ3n) is 2.53. The fraction of sp³-hybridized carbons (Fsp3) is 0.462. The van der Waals surface area contributed by atoms with Gasteiger partial charge < -0.3 is 16.2 Å². The molecule has 0 saturated heterocycles. The lowest BCUT2D eigenvalue weighted by atomic mass is 10.1. The smallest absolute Gasteiger partial charge is 0.224 e. The number of amides is 1. The molecule has 0 aromatic heterocycles. The molecule has 1 amide bonds. The molecule has 0 aliphatic rings. The van der Waals surface area contributed by atoms with Crippen molar-refractivity contribution in [2.45, 2.75) is 38.8 Å². The Hall–Kier alpha value is -1.39. The van der Waals surface area contributed by atoms with Gasteiger partial charge >= 0.3 is 0 Å². The normalized spacial score (nSPS) is 12.2. The molecule has 4 nitrogen and oxygen atoms in total. The maximum absolute atomic E-state index is 11.6. The molecule has 0 aliphatic heterocycles. The number of para-hydroxylation sites is 1. The molecule has 0 fully saturated rings. The summed E-state index contributed by atoms with van der Waals surface area (Å²) in [5.41, 5.74) is 7.02. The van der Waals surface area contributed by atoms with E-state index in [2.05, 4.69) is 5.32 Å². The van der Waals surface area contributed by atoms with Gasteiger partial charge in [0.1, 0.15) is 0 Å². The van der Waals surface area contributed by atoms with Crippen molar-refractivity contribution in [2.75, 3.05) is 5.32 Å². The number of carbonyl (C=O) groups excluding carboxylic acids is 1. The van der Waals surface area contributed by atoms with Crippen LogP contribution in [0.1, 0.15) is 31.7 Å². The van der Waals surface area contributed by atoms with Gasteiger partial charge in [-0.3, -0.25) is 4.79 Å². The van der Waals surface area contributed by atoms with Crippen molar-refractivity contribution in [2.24, 2.45) is 5.73 Å². The zero-order valence-corrected chi connectivity index (χ0v) is 10.1. The van der Waals surface area contributed by atoms with Crippen molar-refractivity contribution in [3.8, 4) is 0 Å². The molecular weight excluding hydrogens is 216 g/mol. The first-order valence-corrected chi connectivity index (χ1v) is 5.87. The van der Waals surface area contributed by atoms with Crippen LogP contribution in [-0.4, -0.2) is 17.1 Å². The summed E-state index contributed by atoms with van der Waals surface area (Å²) in [6.07, 6.45) is 2.08. The molecule has 0 saturated carbocycles. The number of hydrogen-bond acceptors (Lipinski definition) is 3. The molecule has 1 aromatic rings. The minimum atomic E-state index is -0.0731. The van der Waals surface area contributed by atoms with Crippen molar-refractivity contribution in [3.63, 3.8) is 0 Å². The summed E-state index contributed by atoms with van der Waals surface area (Å²) in [5, 5.41) is 11.9. The SMILES string of the molecule is CC(N)CCCC(=O)Nc1ccccc1CO. The summed E-state index contributed by atoms with van der Waals surface area (Å²) in [7, 11) is 0. The van der Waals surface area contributed by atoms with Gasteiger partial charge in [0, 0.05) is 23.7 Å². The molecule has 94 valence electrons. The molecule has 4 N–H and O–H groups in total. The number of benzene rings is 1. The van der Waals surface area contributed by atoms with E-state index in [9.17, 15) is 4.79 Å². The molecule has 0 radical (unpaired) electrons. The lowest BCUT2D eigenvalue weighted by molar-refractivity contribution is -0.116. The second kappa shape index (κ2) is 7.04. The highest BCUT2D eigenvalue weighted by atomic mass is 16.3. The number of rotatable bonds is 6. The molecule has 0 aliphatic carbocycles. The minimum Gasteiger partial charge on any atom is -0.392 e. The average molecular weight is 236 g/mol. The zero-order chi connectivity index (χ0) is 12.7. The Labute approximate surface area is 102 Å². The summed E-state index contributed by atoms with van der Waals surface area (Å²) in [6.45, 7) is 1.86. The number of anilines is 1. The van der Waals surface area contributed by atoms with Crippen LogP contribution >= 0.6 is 0 Å². The Morgan fingerprint density at radius 1 is 1.47 bits per heavy atom. The highest BCUT2D eigenvalue weighted by molar-refractivity contribution is 5.91. The Morgan fingerprint density at radius 3 is 2.82 bits per heavy atom. The Morgan fingerprint density at radius 2 is 2.18 bits per heavy atom. The van der Waals surface area contributed by atoms with Gasteiger partial charge in [-0.2, -0.15) is 0 Å². The lowest BCUT2D eigenvalue weighted by Crippen LogP contribution is -2.17. The molecular formula is C13H20N2O2. The number of carbonyl (C=O) groups is 1. The third kappa shape index (κ3) is 4.97. The summed E-state index contributed by atoms with van der Waals surface area (Å²) in [4.78, 5) is 11.6. The van der Waals surface area contributed by atoms with Crippen molar-refractivity contribution in [1.29, 1.82) is 0 Å². The van der Waals surface area contributed by atoms with Crippen LogP contribution in [0.3, 0.4) is 0 Å². The van der Waals surface area contributed by atoms with Crippen LogP contribution in [0.4, 0.5) is 5.69 Å². The minimum absolute atomic E-state index is 0.0356. The van der Waals surface area contributed by atoms with Gasteiger partial charge in [0.05, 0.1) is 6.61 Å². The van der Waals surface area contributed by atoms with E-state index in [1.807, 2.05) is 19.1 Å². The summed E-state index contributed by atoms with van der Waals surface area (Å²) < 4.78 is 0. The van der Waals surface area contributed by atoms with Gasteiger partial charge in [-0.05, 0) is 25.8 Å². The van der Waals surface area contributed by atoms with Gasteiger partial charge in [0.2, 0.25) is 5.91 Å². The van der Waals surface area contributed by atoms with Crippen LogP contribution in [0, 0.1) is 0 Å². The molecule has 0 bridgehead atoms. The average Bonchev–Trinajstić information content (AvgIpc) is 2.29. The van der Waals surface area contributed by atoms with Crippen molar-refractivity contribution < 1.29 is 9.90 Å². The van der Waals surface area contributed by atoms with Crippen LogP contribution in [0.25, 0.3) is 0 Å². The number of hydrogen-bond donors (Lipinski definition) is 3. The Balaban J connectivity index is 2.45. The van der Waals surface area contributed by atoms with Gasteiger partial charge in [0.25, 0.3) is 0 Å². The van der Waals surface area contributed by atoms with E-state index in [1.54, 1.807) is 12.1 Å². The van der Waals surface area contributed by atoms with E-state index in [0.29, 0.717) is 12.1 Å². The van der Waals surface area contributed by atoms with E-state index in [4.69, 9.17) is 10.8 Å². The molecule has 1 aromatic carbocycles. The number of nitrogens with two attached hydrogens (primary N) is 1. The predicted octanol–water partition coefficient (Wildman–Crippen LogP) is 1.63. The molecule has 1 rings (SSSR count). The predicted molar refractivity (Wildman–Crippen MR) is 68.5 cm³/mol. The number of nitrogens with one attached hydrogen (secondary N) is 1. The Kier molecular flexibility index (Phi) is 5.66. The van der Waals surface area contributed by atoms with Gasteiger partial charge in [-0.1, -0.05) is 18.2 Å². The first-order chi connectivity index (χ1) is 8.13. The van der Waals surface area contributed by atoms with Gasteiger partial charge in [0.15, 0.2) is 0 Å². The topological polar surface area (TPSA) is 75.4 Å². The highest BCUT2D eigenvalue weighted by Crippen LogP contribution is 2.15. The number of aliphatic hydroxyl groups is 1. The van der Waals surface area contributed by atoms with E-state index < -0.39 is 0 Å². The lowest BCUT2D eigenvalue weighted by Gasteiger charge is -2.09. The quantitative estimate of drug-likeness (QED) is 0.702. The highest BCUT2D eigenvalue weighted by Gasteiger charge is 2.06. The van der Waals surface area contributed by atoms with Crippen molar-refractivity contribution >= 4 is 11.6 Å². The van der Waals surface area contributed by atoms with Crippen LogP contribution < -0.4 is 11.1 Å². The Bertz CT molecular complexity index is 364. The third-order valence-corrected chi connectivity index (χ3v) is 2.53.